The van der Waals surface area contributed by atoms with Crippen LogP contribution in [0.5, 0.6) is 0 Å². The Balaban J connectivity index is 1.87. The fourth-order valence-electron chi connectivity index (χ4n) is 2.80. The lowest BCUT2D eigenvalue weighted by molar-refractivity contribution is 0.0964. The van der Waals surface area contributed by atoms with Gasteiger partial charge in [0.25, 0.3) is 5.91 Å². The number of nitrogens with one attached hydrogen (secondary N) is 1. The van der Waals surface area contributed by atoms with Crippen molar-refractivity contribution in [3.05, 3.63) is 94.7 Å². The molecule has 0 atom stereocenters. The molecule has 0 fully saturated rings. The van der Waals surface area contributed by atoms with Gasteiger partial charge in [0.2, 0.25) is 0 Å². The van der Waals surface area contributed by atoms with E-state index in [0.717, 1.165) is 11.8 Å². The van der Waals surface area contributed by atoms with Crippen molar-refractivity contribution in [2.24, 2.45) is 9.98 Å². The van der Waals surface area contributed by atoms with Gasteiger partial charge in [-0.3, -0.25) is 19.8 Å². The first-order valence-electron chi connectivity index (χ1n) is 9.23. The second kappa shape index (κ2) is 9.86. The van der Waals surface area contributed by atoms with E-state index in [4.69, 9.17) is 11.6 Å². The summed E-state index contributed by atoms with van der Waals surface area (Å²) in [5.74, 6) is -0.637. The van der Waals surface area contributed by atoms with E-state index in [0.29, 0.717) is 33.0 Å². The van der Waals surface area contributed by atoms with E-state index in [9.17, 15) is 9.18 Å². The predicted molar refractivity (Wildman–Crippen MR) is 121 cm³/mol. The van der Waals surface area contributed by atoms with E-state index in [2.05, 4.69) is 32.0 Å². The molecule has 0 unspecified atom stereocenters. The van der Waals surface area contributed by atoms with Crippen LogP contribution in [-0.2, 0) is 0 Å². The van der Waals surface area contributed by atoms with Crippen LogP contribution in [0.25, 0.3) is 11.1 Å². The first kappa shape index (κ1) is 22.0. The molecule has 2 heterocycles. The molecule has 0 bridgehead atoms. The standard InChI is InChI=1S/C23H19ClFN5O/c1-14-6-8-27-11-19(14)23(31)30-22(26-3)13-29-15(2)18-10-16(4-5-20(18)24)17-7-9-28-12-21(17)25/h4-13H,3H2,1-2H3,(H,30,31)/b22-13+,29-15+. The SMILES string of the molecule is C=N/C(=C\N=C(/C)c1cc(-c2ccncc2F)ccc1Cl)NC(=O)c1cnccc1C. The fraction of sp³-hybridized carbons (Fsp3) is 0.0870. The zero-order valence-corrected chi connectivity index (χ0v) is 17.7. The number of hydrogen-bond acceptors (Lipinski definition) is 5. The van der Waals surface area contributed by atoms with Gasteiger partial charge in [0.1, 0.15) is 5.82 Å². The number of aliphatic imine (C=N–C) groups is 2. The van der Waals surface area contributed by atoms with Gasteiger partial charge in [-0.1, -0.05) is 17.7 Å². The Hall–Kier alpha value is -3.71. The topological polar surface area (TPSA) is 79.6 Å². The van der Waals surface area contributed by atoms with Gasteiger partial charge in [0, 0.05) is 40.5 Å². The normalized spacial score (nSPS) is 11.9. The molecule has 156 valence electrons. The molecule has 0 radical (unpaired) electrons. The van der Waals surface area contributed by atoms with E-state index in [1.807, 2.05) is 6.92 Å². The molecule has 2 aromatic heterocycles. The first-order valence-corrected chi connectivity index (χ1v) is 9.61. The van der Waals surface area contributed by atoms with Gasteiger partial charge < -0.3 is 5.32 Å². The summed E-state index contributed by atoms with van der Waals surface area (Å²) in [7, 11) is 0. The molecule has 1 amide bonds. The quantitative estimate of drug-likeness (QED) is 0.554. The van der Waals surface area contributed by atoms with Crippen molar-refractivity contribution >= 4 is 29.9 Å². The van der Waals surface area contributed by atoms with Crippen LogP contribution >= 0.6 is 11.6 Å². The molecular formula is C23H19ClFN5O. The van der Waals surface area contributed by atoms with Crippen molar-refractivity contribution < 1.29 is 9.18 Å². The summed E-state index contributed by atoms with van der Waals surface area (Å²) in [6.45, 7) is 7.03. The van der Waals surface area contributed by atoms with Crippen LogP contribution in [0.4, 0.5) is 4.39 Å². The third kappa shape index (κ3) is 5.26. The van der Waals surface area contributed by atoms with E-state index in [1.165, 1.54) is 18.6 Å². The van der Waals surface area contributed by atoms with Crippen LogP contribution in [0.1, 0.15) is 28.4 Å². The first-order chi connectivity index (χ1) is 14.9. The Labute approximate surface area is 184 Å². The molecule has 0 saturated heterocycles. The highest BCUT2D eigenvalue weighted by Gasteiger charge is 2.11. The Morgan fingerprint density at radius 1 is 1.16 bits per heavy atom. The molecule has 1 N–H and O–H groups in total. The highest BCUT2D eigenvalue weighted by molar-refractivity contribution is 6.34. The van der Waals surface area contributed by atoms with Crippen molar-refractivity contribution in [2.45, 2.75) is 13.8 Å². The summed E-state index contributed by atoms with van der Waals surface area (Å²) in [6, 6.07) is 8.47. The molecule has 0 saturated carbocycles. The Morgan fingerprint density at radius 2 is 1.90 bits per heavy atom. The number of amides is 1. The zero-order chi connectivity index (χ0) is 22.4. The van der Waals surface area contributed by atoms with E-state index >= 15 is 0 Å². The molecule has 3 rings (SSSR count). The van der Waals surface area contributed by atoms with Gasteiger partial charge in [-0.25, -0.2) is 9.38 Å². The van der Waals surface area contributed by atoms with Crippen molar-refractivity contribution in [3.63, 3.8) is 0 Å². The summed E-state index contributed by atoms with van der Waals surface area (Å²) in [5.41, 5.74) is 3.42. The van der Waals surface area contributed by atoms with Crippen LogP contribution < -0.4 is 5.32 Å². The maximum atomic E-state index is 14.1. The molecule has 1 aromatic carbocycles. The zero-order valence-electron chi connectivity index (χ0n) is 16.9. The number of carbonyl (C=O) groups excluding carboxylic acids is 1. The molecule has 3 aromatic rings. The van der Waals surface area contributed by atoms with Crippen LogP contribution in [0.15, 0.2) is 77.1 Å². The van der Waals surface area contributed by atoms with Gasteiger partial charge in [-0.05, 0) is 56.0 Å². The molecule has 0 spiro atoms. The average Bonchev–Trinajstić information content (AvgIpc) is 2.77. The van der Waals surface area contributed by atoms with Crippen molar-refractivity contribution in [1.82, 2.24) is 15.3 Å². The van der Waals surface area contributed by atoms with Gasteiger partial charge in [0.05, 0.1) is 18.0 Å². The second-order valence-electron chi connectivity index (χ2n) is 6.58. The molecule has 31 heavy (non-hydrogen) atoms. The molecule has 0 aliphatic rings. The Morgan fingerprint density at radius 3 is 2.61 bits per heavy atom. The number of halogens is 2. The van der Waals surface area contributed by atoms with Gasteiger partial charge in [0.15, 0.2) is 5.82 Å². The Kier molecular flexibility index (Phi) is 6.99. The lowest BCUT2D eigenvalue weighted by atomic mass is 10.0. The third-order valence-electron chi connectivity index (χ3n) is 4.52. The van der Waals surface area contributed by atoms with Crippen molar-refractivity contribution in [1.29, 1.82) is 0 Å². The molecule has 6 nitrogen and oxygen atoms in total. The smallest absolute Gasteiger partial charge is 0.258 e. The lowest BCUT2D eigenvalue weighted by Crippen LogP contribution is -2.22. The minimum atomic E-state index is -0.434. The number of aromatic nitrogens is 2. The van der Waals surface area contributed by atoms with Crippen molar-refractivity contribution in [2.75, 3.05) is 0 Å². The predicted octanol–water partition coefficient (Wildman–Crippen LogP) is 4.98. The Bertz CT molecular complexity index is 1210. The van der Waals surface area contributed by atoms with Gasteiger partial charge in [-0.2, -0.15) is 0 Å². The molecule has 8 heteroatoms. The lowest BCUT2D eigenvalue weighted by Gasteiger charge is -2.09. The minimum Gasteiger partial charge on any atom is -0.305 e. The third-order valence-corrected chi connectivity index (χ3v) is 4.85. The van der Waals surface area contributed by atoms with E-state index in [-0.39, 0.29) is 11.7 Å². The maximum Gasteiger partial charge on any atom is 0.258 e. The monoisotopic (exact) mass is 435 g/mol. The number of aryl methyl sites for hydroxylation is 1. The largest absolute Gasteiger partial charge is 0.305 e. The van der Waals surface area contributed by atoms with Crippen LogP contribution in [0, 0.1) is 12.7 Å². The van der Waals surface area contributed by atoms with Gasteiger partial charge >= 0.3 is 0 Å². The van der Waals surface area contributed by atoms with Crippen LogP contribution in [-0.4, -0.2) is 28.3 Å². The number of benzene rings is 1. The van der Waals surface area contributed by atoms with Gasteiger partial charge in [-0.15, -0.1) is 0 Å². The summed E-state index contributed by atoms with van der Waals surface area (Å²) in [4.78, 5) is 28.3. The number of rotatable bonds is 6. The van der Waals surface area contributed by atoms with Crippen LogP contribution in [0.2, 0.25) is 5.02 Å². The van der Waals surface area contributed by atoms with Crippen molar-refractivity contribution in [3.8, 4) is 11.1 Å². The summed E-state index contributed by atoms with van der Waals surface area (Å²) in [5, 5.41) is 3.10. The molecule has 0 aliphatic carbocycles. The number of hydrogen-bond donors (Lipinski definition) is 1. The van der Waals surface area contributed by atoms with E-state index in [1.54, 1.807) is 43.5 Å². The highest BCUT2D eigenvalue weighted by atomic mass is 35.5. The second-order valence-corrected chi connectivity index (χ2v) is 6.99. The minimum absolute atomic E-state index is 0.167. The van der Waals surface area contributed by atoms with Crippen LogP contribution in [0.3, 0.4) is 0 Å². The number of carbonyl (C=O) groups is 1. The van der Waals surface area contributed by atoms with E-state index < -0.39 is 5.82 Å². The summed E-state index contributed by atoms with van der Waals surface area (Å²) >= 11 is 6.33. The molecule has 0 aliphatic heterocycles. The number of nitrogens with zero attached hydrogens (tertiary/aromatic N) is 4. The summed E-state index contributed by atoms with van der Waals surface area (Å²) in [6.07, 6.45) is 7.14. The summed E-state index contributed by atoms with van der Waals surface area (Å²) < 4.78 is 14.1. The average molecular weight is 436 g/mol. The number of pyridine rings is 2. The molecular weight excluding hydrogens is 417 g/mol. The highest BCUT2D eigenvalue weighted by Crippen LogP contribution is 2.27. The maximum absolute atomic E-state index is 14.1. The fourth-order valence-corrected chi connectivity index (χ4v) is 3.06.